The van der Waals surface area contributed by atoms with Crippen LogP contribution < -0.4 is 63.5 Å². The Balaban J connectivity index is 1.96. The van der Waals surface area contributed by atoms with Gasteiger partial charge in [0, 0.05) is 45.1 Å². The number of carbonyl (C=O) groups excluding carboxylic acids is 11. The van der Waals surface area contributed by atoms with Crippen LogP contribution in [0.2, 0.25) is 0 Å². The highest BCUT2D eigenvalue weighted by molar-refractivity contribution is 7.81. The van der Waals surface area contributed by atoms with Crippen LogP contribution in [0.15, 0.2) is 54.6 Å². The van der Waals surface area contributed by atoms with E-state index in [1.165, 1.54) is 19.1 Å². The van der Waals surface area contributed by atoms with E-state index < -0.39 is 248 Å². The number of nitrogens with zero attached hydrogens (tertiary/aromatic N) is 1. The topological polar surface area (TPSA) is 604 Å². The zero-order chi connectivity index (χ0) is 75.3. The molecule has 552 valence electrons. The van der Waals surface area contributed by atoms with E-state index in [0.29, 0.717) is 5.56 Å². The first-order chi connectivity index (χ1) is 46.8. The lowest BCUT2D eigenvalue weighted by Crippen LogP contribution is -2.61. The predicted octanol–water partition coefficient (Wildman–Crippen LogP) is -3.48. The number of rotatable bonds is 44. The zero-order valence-electron chi connectivity index (χ0n) is 55.4. The smallest absolute Gasteiger partial charge is 0.326 e. The summed E-state index contributed by atoms with van der Waals surface area (Å²) in [6.07, 6.45) is -6.73. The highest BCUT2D eigenvalue weighted by Gasteiger charge is 2.42. The van der Waals surface area contributed by atoms with E-state index in [2.05, 4.69) is 52.0 Å². The molecule has 0 saturated carbocycles. The van der Waals surface area contributed by atoms with Gasteiger partial charge in [-0.15, -0.1) is 0 Å². The summed E-state index contributed by atoms with van der Waals surface area (Å²) in [5, 5.41) is 69.5. The Morgan fingerprint density at radius 3 is 1.45 bits per heavy atom. The Bertz CT molecular complexity index is 3400. The number of carbonyl (C=O) groups is 16. The van der Waals surface area contributed by atoms with Crippen molar-refractivity contribution in [3.63, 3.8) is 0 Å². The number of benzene rings is 2. The molecule has 0 unspecified atom stereocenters. The molecule has 12 atom stereocenters. The van der Waals surface area contributed by atoms with Crippen molar-refractivity contribution in [1.82, 2.24) is 52.8 Å². The minimum Gasteiger partial charge on any atom is -0.716 e. The summed E-state index contributed by atoms with van der Waals surface area (Å²) in [5.41, 5.74) is 11.6. The van der Waals surface area contributed by atoms with Crippen LogP contribution in [0.1, 0.15) is 129 Å². The number of nitrogens with one attached hydrogen (secondary N) is 9. The molecule has 1 saturated heterocycles. The van der Waals surface area contributed by atoms with E-state index in [4.69, 9.17) is 16.6 Å². The maximum absolute atomic E-state index is 14.7. The summed E-state index contributed by atoms with van der Waals surface area (Å²) in [7, 11) is -5.27. The normalized spacial score (nSPS) is 16.0. The molecule has 0 aromatic heterocycles. The van der Waals surface area contributed by atoms with Crippen LogP contribution in [0.4, 0.5) is 0 Å². The van der Waals surface area contributed by atoms with Gasteiger partial charge in [-0.1, -0.05) is 76.6 Å². The van der Waals surface area contributed by atoms with Crippen molar-refractivity contribution < 1.29 is 119 Å². The van der Waals surface area contributed by atoms with Crippen LogP contribution in [0.3, 0.4) is 0 Å². The van der Waals surface area contributed by atoms with Crippen molar-refractivity contribution in [2.24, 2.45) is 23.3 Å². The number of nitrogens with two attached hydrogens (primary N) is 2. The molecule has 2 aromatic carbocycles. The van der Waals surface area contributed by atoms with Gasteiger partial charge in [-0.3, -0.25) is 71.9 Å². The lowest BCUT2D eigenvalue weighted by atomic mass is 9.96. The van der Waals surface area contributed by atoms with Crippen molar-refractivity contribution >= 4 is 105 Å². The number of carboxylic acids is 5. The van der Waals surface area contributed by atoms with Gasteiger partial charge in [0.05, 0.1) is 12.5 Å². The molecule has 1 aliphatic rings. The molecule has 0 bridgehead atoms. The Hall–Kier alpha value is -10.4. The standard InChI is InChI=1S/C62H88N12O25S/c1-6-32(4)51(73-56(88)40(21-25-49(80)81)66-52(84)33(5)65-57(89)43(28-34-11-8-7-9-12-34)70-53(85)37(63)30-50(82)83)61(93)74-26-10-13-45(74)60(92)68-39(20-24-48(78)79)54(86)67-38(19-23-47(76)77)55(87)72-44(29-35-14-16-36(17-15-35)99-100(96,97)98)59(91)71-42(27-31(2)3)58(90)69-41(62(94)95)18-22-46(64)75/h7-9,11-12,14-17,31-33,37-45,51H,6,10,13,18-30,63H2,1-5H3,(H2,64,75)(H,65,89)(H,66,84)(H,67,86)(H,68,92)(H,69,90)(H,70,85)(H,71,91)(H,72,87)(H,73,88)(H,76,77)(H,78,79)(H,80,81)(H,82,83)(H,94,95)(H,96,97,98)/p-1/t32-,33-,37-,38-,39-,40-,41-,42-,43-,44-,45-,51-/m0/s1. The Labute approximate surface area is 574 Å². The summed E-state index contributed by atoms with van der Waals surface area (Å²) in [6.45, 7) is 7.51. The van der Waals surface area contributed by atoms with Gasteiger partial charge < -0.3 is 98.5 Å². The van der Waals surface area contributed by atoms with Gasteiger partial charge >= 0.3 is 29.8 Å². The van der Waals surface area contributed by atoms with Crippen molar-refractivity contribution in [2.75, 3.05) is 6.54 Å². The lowest BCUT2D eigenvalue weighted by molar-refractivity contribution is -0.144. The number of likely N-dealkylation sites (tertiary alicyclic amines) is 1. The number of primary amides is 1. The van der Waals surface area contributed by atoms with E-state index >= 15 is 0 Å². The van der Waals surface area contributed by atoms with Crippen LogP contribution >= 0.6 is 0 Å². The van der Waals surface area contributed by atoms with Crippen molar-refractivity contribution in [3.05, 3.63) is 65.7 Å². The third-order valence-corrected chi connectivity index (χ3v) is 16.1. The van der Waals surface area contributed by atoms with E-state index in [0.717, 1.165) is 17.0 Å². The van der Waals surface area contributed by atoms with E-state index in [1.807, 2.05) is 0 Å². The van der Waals surface area contributed by atoms with Gasteiger partial charge in [0.1, 0.15) is 66.2 Å². The van der Waals surface area contributed by atoms with Crippen LogP contribution in [-0.2, 0) is 100.0 Å². The summed E-state index contributed by atoms with van der Waals surface area (Å²) in [4.78, 5) is 212. The molecule has 1 fully saturated rings. The molecule has 11 amide bonds. The fraction of sp³-hybridized carbons (Fsp3) is 0.548. The summed E-state index contributed by atoms with van der Waals surface area (Å²) in [5.74, 6) is -20.7. The van der Waals surface area contributed by atoms with Gasteiger partial charge in [0.25, 0.3) is 10.4 Å². The van der Waals surface area contributed by atoms with Crippen molar-refractivity contribution in [1.29, 1.82) is 0 Å². The van der Waals surface area contributed by atoms with E-state index in [9.17, 15) is 110 Å². The number of aliphatic carboxylic acids is 5. The molecule has 3 rings (SSSR count). The second kappa shape index (κ2) is 40.5. The minimum atomic E-state index is -5.27. The maximum Gasteiger partial charge on any atom is 0.326 e. The molecule has 38 heteroatoms. The molecular weight excluding hydrogens is 1340 g/mol. The number of carboxylic acid groups (broad SMARTS) is 5. The van der Waals surface area contributed by atoms with Gasteiger partial charge in [-0.05, 0) is 87.0 Å². The largest absolute Gasteiger partial charge is 0.716 e. The number of amides is 11. The SMILES string of the molecule is CC[C@H](C)[C@H](NC(=O)[C@H](CCC(=O)O)NC(=O)[C@H](C)NC(=O)[C@H](Cc1ccccc1)NC(=O)[C@@H](N)CC(=O)O)C(=O)N1CCC[C@H]1C(=O)N[C@@H](CCC(=O)O)C(=O)N[C@@H](CCC(=O)O)C(=O)N[C@@H](Cc1ccc(OS(=O)(=O)[O-])cc1)C(=O)N[C@@H](CC(C)C)C(=O)N[C@@H](CCC(N)=O)C(=O)O. The first-order valence-electron chi connectivity index (χ1n) is 31.7. The lowest BCUT2D eigenvalue weighted by Gasteiger charge is -2.33. The molecule has 0 spiro atoms. The fourth-order valence-corrected chi connectivity index (χ4v) is 10.5. The fourth-order valence-electron chi connectivity index (χ4n) is 10.2. The number of hydrogen-bond donors (Lipinski definition) is 16. The molecular formula is C62H87N12O25S-. The molecule has 2 aromatic rings. The summed E-state index contributed by atoms with van der Waals surface area (Å²) < 4.78 is 38.2. The van der Waals surface area contributed by atoms with E-state index in [-0.39, 0.29) is 50.1 Å². The van der Waals surface area contributed by atoms with Crippen LogP contribution in [0.5, 0.6) is 5.75 Å². The van der Waals surface area contributed by atoms with Gasteiger partial charge in [-0.2, -0.15) is 0 Å². The first-order valence-corrected chi connectivity index (χ1v) is 33.1. The minimum absolute atomic E-state index is 0.0896. The third-order valence-electron chi connectivity index (χ3n) is 15.7. The summed E-state index contributed by atoms with van der Waals surface area (Å²) >= 11 is 0. The Morgan fingerprint density at radius 2 is 0.970 bits per heavy atom. The van der Waals surface area contributed by atoms with Crippen LogP contribution in [0, 0.1) is 11.8 Å². The van der Waals surface area contributed by atoms with Gasteiger partial charge in [-0.25, -0.2) is 13.2 Å². The molecule has 1 heterocycles. The third kappa shape index (κ3) is 29.8. The molecule has 37 nitrogen and oxygen atoms in total. The molecule has 1 aliphatic heterocycles. The van der Waals surface area contributed by atoms with Crippen molar-refractivity contribution in [3.8, 4) is 5.75 Å². The molecule has 100 heavy (non-hydrogen) atoms. The highest BCUT2D eigenvalue weighted by Crippen LogP contribution is 2.23. The number of hydrogen-bond acceptors (Lipinski definition) is 21. The average Bonchev–Trinajstić information content (AvgIpc) is 1.59. The zero-order valence-corrected chi connectivity index (χ0v) is 56.2. The Morgan fingerprint density at radius 1 is 0.540 bits per heavy atom. The molecule has 0 radical (unpaired) electrons. The second-order valence-corrected chi connectivity index (χ2v) is 25.2. The van der Waals surface area contributed by atoms with Gasteiger partial charge in [0.15, 0.2) is 0 Å². The first kappa shape index (κ1) is 83.9. The van der Waals surface area contributed by atoms with E-state index in [1.54, 1.807) is 58.0 Å². The monoisotopic (exact) mass is 1430 g/mol. The van der Waals surface area contributed by atoms with Gasteiger partial charge in [0.2, 0.25) is 65.0 Å². The van der Waals surface area contributed by atoms with Crippen LogP contribution in [-0.4, -0.2) is 211 Å². The predicted molar refractivity (Wildman–Crippen MR) is 344 cm³/mol. The van der Waals surface area contributed by atoms with Crippen LogP contribution in [0.25, 0.3) is 0 Å². The molecule has 18 N–H and O–H groups in total. The highest BCUT2D eigenvalue weighted by atomic mass is 32.3. The van der Waals surface area contributed by atoms with Crippen molar-refractivity contribution in [2.45, 2.75) is 197 Å². The molecule has 0 aliphatic carbocycles. The summed E-state index contributed by atoms with van der Waals surface area (Å²) in [6, 6.07) is -5.45. The second-order valence-electron chi connectivity index (χ2n) is 24.2. The Kier molecular flexibility index (Phi) is 34.0. The quantitative estimate of drug-likeness (QED) is 0.0226. The maximum atomic E-state index is 14.7. The average molecular weight is 1430 g/mol.